The molecule has 0 bridgehead atoms. The Kier molecular flexibility index (Phi) is 3.65. The van der Waals surface area contributed by atoms with Crippen LogP contribution in [0.15, 0.2) is 0 Å². The Labute approximate surface area is 93.2 Å². The fourth-order valence-corrected chi connectivity index (χ4v) is 2.83. The zero-order valence-electron chi connectivity index (χ0n) is 10.1. The molecule has 0 radical (unpaired) electrons. The van der Waals surface area contributed by atoms with Crippen LogP contribution in [0.25, 0.3) is 0 Å². The van der Waals surface area contributed by atoms with Crippen molar-refractivity contribution >= 4 is 0 Å². The molecule has 0 aromatic heterocycles. The number of rotatable bonds is 3. The first-order valence-corrected chi connectivity index (χ1v) is 6.31. The zero-order chi connectivity index (χ0) is 10.7. The lowest BCUT2D eigenvalue weighted by Crippen LogP contribution is -2.55. The molecule has 0 aromatic carbocycles. The Morgan fingerprint density at radius 1 is 1.53 bits per heavy atom. The molecule has 3 heteroatoms. The summed E-state index contributed by atoms with van der Waals surface area (Å²) in [4.78, 5) is 2.64. The molecule has 88 valence electrons. The highest BCUT2D eigenvalue weighted by Crippen LogP contribution is 2.28. The Balaban J connectivity index is 1.91. The summed E-state index contributed by atoms with van der Waals surface area (Å²) in [5.41, 5.74) is 0.314. The van der Waals surface area contributed by atoms with Gasteiger partial charge >= 0.3 is 0 Å². The van der Waals surface area contributed by atoms with E-state index in [9.17, 15) is 0 Å². The monoisotopic (exact) mass is 212 g/mol. The maximum atomic E-state index is 5.55. The molecule has 2 unspecified atom stereocenters. The fraction of sp³-hybridized carbons (Fsp3) is 1.00. The summed E-state index contributed by atoms with van der Waals surface area (Å²) in [6, 6.07) is 0.696. The molecule has 3 nitrogen and oxygen atoms in total. The highest BCUT2D eigenvalue weighted by Gasteiger charge is 2.38. The van der Waals surface area contributed by atoms with Crippen LogP contribution >= 0.6 is 0 Å². The molecule has 0 saturated carbocycles. The molecule has 2 aliphatic heterocycles. The second-order valence-electron chi connectivity index (χ2n) is 5.14. The predicted octanol–water partition coefficient (Wildman–Crippen LogP) is 1.24. The summed E-state index contributed by atoms with van der Waals surface area (Å²) in [6.07, 6.45) is 3.86. The van der Waals surface area contributed by atoms with Gasteiger partial charge < -0.3 is 10.1 Å². The minimum Gasteiger partial charge on any atom is -0.379 e. The number of ether oxygens (including phenoxy) is 1. The third-order valence-electron chi connectivity index (χ3n) is 3.88. The quantitative estimate of drug-likeness (QED) is 0.762. The second kappa shape index (κ2) is 4.81. The van der Waals surface area contributed by atoms with E-state index in [1.165, 1.54) is 32.4 Å². The molecule has 0 aromatic rings. The van der Waals surface area contributed by atoms with E-state index in [1.807, 2.05) is 0 Å². The molecular weight excluding hydrogens is 188 g/mol. The first-order chi connectivity index (χ1) is 7.24. The van der Waals surface area contributed by atoms with Crippen molar-refractivity contribution in [3.05, 3.63) is 0 Å². The number of likely N-dealkylation sites (tertiary alicyclic amines) is 1. The van der Waals surface area contributed by atoms with Crippen LogP contribution in [0.3, 0.4) is 0 Å². The predicted molar refractivity (Wildman–Crippen MR) is 62.1 cm³/mol. The van der Waals surface area contributed by atoms with E-state index in [-0.39, 0.29) is 0 Å². The fourth-order valence-electron chi connectivity index (χ4n) is 2.83. The SMILES string of the molecule is CCNC1CCCN(C2(C)CCOC2)C1. The lowest BCUT2D eigenvalue weighted by Gasteiger charge is -2.42. The van der Waals surface area contributed by atoms with Gasteiger partial charge in [0.25, 0.3) is 0 Å². The summed E-state index contributed by atoms with van der Waals surface area (Å²) in [6.45, 7) is 9.96. The molecule has 2 rings (SSSR count). The van der Waals surface area contributed by atoms with Gasteiger partial charge in [-0.15, -0.1) is 0 Å². The summed E-state index contributed by atoms with van der Waals surface area (Å²) in [5.74, 6) is 0. The zero-order valence-corrected chi connectivity index (χ0v) is 10.1. The maximum Gasteiger partial charge on any atom is 0.0648 e. The molecule has 2 saturated heterocycles. The maximum absolute atomic E-state index is 5.55. The standard InChI is InChI=1S/C12H24N2O/c1-3-13-11-5-4-7-14(9-11)12(2)6-8-15-10-12/h11,13H,3-10H2,1-2H3. The third-order valence-corrected chi connectivity index (χ3v) is 3.88. The van der Waals surface area contributed by atoms with Crippen LogP contribution in [-0.4, -0.2) is 49.3 Å². The van der Waals surface area contributed by atoms with E-state index in [2.05, 4.69) is 24.1 Å². The number of hydrogen-bond acceptors (Lipinski definition) is 3. The van der Waals surface area contributed by atoms with Gasteiger partial charge in [-0.2, -0.15) is 0 Å². The van der Waals surface area contributed by atoms with E-state index < -0.39 is 0 Å². The Bertz CT molecular complexity index is 200. The molecule has 2 heterocycles. The van der Waals surface area contributed by atoms with Crippen LogP contribution in [0.2, 0.25) is 0 Å². The molecule has 2 fully saturated rings. The van der Waals surface area contributed by atoms with E-state index in [1.54, 1.807) is 0 Å². The van der Waals surface area contributed by atoms with Crippen LogP contribution in [0.1, 0.15) is 33.1 Å². The molecule has 2 atom stereocenters. The van der Waals surface area contributed by atoms with Gasteiger partial charge in [0.2, 0.25) is 0 Å². The van der Waals surface area contributed by atoms with Crippen LogP contribution in [-0.2, 0) is 4.74 Å². The number of hydrogen-bond donors (Lipinski definition) is 1. The van der Waals surface area contributed by atoms with E-state index in [0.29, 0.717) is 11.6 Å². The summed E-state index contributed by atoms with van der Waals surface area (Å²) in [7, 11) is 0. The van der Waals surface area contributed by atoms with Crippen LogP contribution < -0.4 is 5.32 Å². The van der Waals surface area contributed by atoms with Crippen molar-refractivity contribution in [3.63, 3.8) is 0 Å². The van der Waals surface area contributed by atoms with E-state index in [4.69, 9.17) is 4.74 Å². The third kappa shape index (κ3) is 2.52. The normalized spacial score (nSPS) is 38.4. The van der Waals surface area contributed by atoms with Gasteiger partial charge in [0, 0.05) is 24.7 Å². The van der Waals surface area contributed by atoms with Crippen molar-refractivity contribution in [2.45, 2.75) is 44.7 Å². The van der Waals surface area contributed by atoms with Gasteiger partial charge in [-0.3, -0.25) is 4.90 Å². The van der Waals surface area contributed by atoms with E-state index in [0.717, 1.165) is 19.8 Å². The molecule has 0 spiro atoms. The molecule has 2 aliphatic rings. The lowest BCUT2D eigenvalue weighted by molar-refractivity contribution is 0.0513. The average Bonchev–Trinajstić information content (AvgIpc) is 2.68. The van der Waals surface area contributed by atoms with Gasteiger partial charge in [0.05, 0.1) is 6.61 Å². The Hall–Kier alpha value is -0.120. The molecule has 0 amide bonds. The molecule has 1 N–H and O–H groups in total. The number of likely N-dealkylation sites (N-methyl/N-ethyl adjacent to an activating group) is 1. The van der Waals surface area contributed by atoms with Crippen LogP contribution in [0.5, 0.6) is 0 Å². The first-order valence-electron chi connectivity index (χ1n) is 6.31. The van der Waals surface area contributed by atoms with Gasteiger partial charge in [0.15, 0.2) is 0 Å². The minimum absolute atomic E-state index is 0.314. The Morgan fingerprint density at radius 3 is 3.07 bits per heavy atom. The van der Waals surface area contributed by atoms with Gasteiger partial charge in [-0.25, -0.2) is 0 Å². The summed E-state index contributed by atoms with van der Waals surface area (Å²) in [5, 5.41) is 3.57. The molecule has 15 heavy (non-hydrogen) atoms. The first kappa shape index (κ1) is 11.4. The van der Waals surface area contributed by atoms with Gasteiger partial charge in [-0.05, 0) is 39.3 Å². The van der Waals surface area contributed by atoms with Crippen molar-refractivity contribution in [2.75, 3.05) is 32.8 Å². The number of nitrogens with zero attached hydrogens (tertiary/aromatic N) is 1. The molecular formula is C12H24N2O. The lowest BCUT2D eigenvalue weighted by atomic mass is 9.94. The Morgan fingerprint density at radius 2 is 2.40 bits per heavy atom. The van der Waals surface area contributed by atoms with Crippen LogP contribution in [0.4, 0.5) is 0 Å². The largest absolute Gasteiger partial charge is 0.379 e. The smallest absolute Gasteiger partial charge is 0.0648 e. The highest BCUT2D eigenvalue weighted by molar-refractivity contribution is 4.93. The van der Waals surface area contributed by atoms with Crippen molar-refractivity contribution < 1.29 is 4.74 Å². The van der Waals surface area contributed by atoms with Gasteiger partial charge in [0.1, 0.15) is 0 Å². The number of nitrogens with one attached hydrogen (secondary N) is 1. The van der Waals surface area contributed by atoms with Crippen molar-refractivity contribution in [2.24, 2.45) is 0 Å². The topological polar surface area (TPSA) is 24.5 Å². The summed E-state index contributed by atoms with van der Waals surface area (Å²) < 4.78 is 5.55. The molecule has 0 aliphatic carbocycles. The van der Waals surface area contributed by atoms with E-state index >= 15 is 0 Å². The van der Waals surface area contributed by atoms with Crippen LogP contribution in [0, 0.1) is 0 Å². The second-order valence-corrected chi connectivity index (χ2v) is 5.14. The van der Waals surface area contributed by atoms with Gasteiger partial charge in [-0.1, -0.05) is 6.92 Å². The van der Waals surface area contributed by atoms with Crippen molar-refractivity contribution in [3.8, 4) is 0 Å². The van der Waals surface area contributed by atoms with Crippen molar-refractivity contribution in [1.29, 1.82) is 0 Å². The summed E-state index contributed by atoms with van der Waals surface area (Å²) >= 11 is 0. The average molecular weight is 212 g/mol. The highest BCUT2D eigenvalue weighted by atomic mass is 16.5. The minimum atomic E-state index is 0.314. The number of piperidine rings is 1. The van der Waals surface area contributed by atoms with Crippen molar-refractivity contribution in [1.82, 2.24) is 10.2 Å².